The Labute approximate surface area is 138 Å². The molecule has 1 rings (SSSR count). The van der Waals surface area contributed by atoms with Crippen LogP contribution in [0.4, 0.5) is 0 Å². The molecule has 111 valence electrons. The number of esters is 2. The van der Waals surface area contributed by atoms with Crippen molar-refractivity contribution in [2.45, 2.75) is 39.5 Å². The van der Waals surface area contributed by atoms with Gasteiger partial charge in [-0.1, -0.05) is 32.8 Å². The number of benzene rings is 1. The van der Waals surface area contributed by atoms with Gasteiger partial charge >= 0.3 is 11.9 Å². The van der Waals surface area contributed by atoms with Gasteiger partial charge in [0.2, 0.25) is 0 Å². The van der Waals surface area contributed by atoms with Crippen molar-refractivity contribution in [3.8, 4) is 0 Å². The molecule has 0 aromatic heterocycles. The summed E-state index contributed by atoms with van der Waals surface area (Å²) in [5, 5.41) is 0. The number of rotatable bonds is 8. The fourth-order valence-corrected chi connectivity index (χ4v) is 1.56. The zero-order chi connectivity index (χ0) is 14.8. The Balaban J connectivity index is 0.00000400. The summed E-state index contributed by atoms with van der Waals surface area (Å²) in [4.78, 5) is 23.6. The molecule has 1 radical (unpaired) electrons. The van der Waals surface area contributed by atoms with E-state index in [9.17, 15) is 9.59 Å². The van der Waals surface area contributed by atoms with Crippen LogP contribution in [0.15, 0.2) is 24.3 Å². The Morgan fingerprint density at radius 2 is 1.33 bits per heavy atom. The summed E-state index contributed by atoms with van der Waals surface area (Å²) in [7, 11) is 0. The van der Waals surface area contributed by atoms with Crippen molar-refractivity contribution < 1.29 is 19.1 Å². The van der Waals surface area contributed by atoms with Crippen molar-refractivity contribution in [1.82, 2.24) is 0 Å². The van der Waals surface area contributed by atoms with E-state index < -0.39 is 11.9 Å². The molecule has 0 unspecified atom stereocenters. The van der Waals surface area contributed by atoms with E-state index in [-0.39, 0.29) is 18.9 Å². The molecule has 0 saturated heterocycles. The molecule has 0 heterocycles. The van der Waals surface area contributed by atoms with Crippen molar-refractivity contribution >= 4 is 30.8 Å². The van der Waals surface area contributed by atoms with Crippen molar-refractivity contribution in [2.24, 2.45) is 0 Å². The van der Waals surface area contributed by atoms with E-state index in [1.165, 1.54) is 6.07 Å². The number of hydrogen-bond acceptors (Lipinski definition) is 4. The molecule has 4 nitrogen and oxygen atoms in total. The van der Waals surface area contributed by atoms with E-state index in [2.05, 4.69) is 0 Å². The number of unbranched alkanes of at least 4 members (excludes halogenated alkanes) is 2. The molecule has 0 aliphatic heterocycles. The molecule has 5 heteroatoms. The Hall–Kier alpha value is -1.24. The van der Waals surface area contributed by atoms with Crippen LogP contribution < -0.4 is 0 Å². The topological polar surface area (TPSA) is 52.6 Å². The molecule has 1 aromatic rings. The van der Waals surface area contributed by atoms with Gasteiger partial charge in [-0.25, -0.2) is 9.59 Å². The smallest absolute Gasteiger partial charge is 0.338 e. The summed E-state index contributed by atoms with van der Waals surface area (Å²) in [6.07, 6.45) is 3.61. The van der Waals surface area contributed by atoms with Crippen LogP contribution >= 0.6 is 0 Å². The molecule has 0 fully saturated rings. The Morgan fingerprint density at radius 3 is 1.71 bits per heavy atom. The SMILES string of the molecule is CCCCOC(=O)c1cccc(C(=O)OCCCC)c1.[Li]. The largest absolute Gasteiger partial charge is 0.462 e. The molecule has 0 spiro atoms. The van der Waals surface area contributed by atoms with Crippen LogP contribution in [0.2, 0.25) is 0 Å². The van der Waals surface area contributed by atoms with E-state index in [0.29, 0.717) is 24.3 Å². The molecular formula is C16H22LiO4. The molecule has 0 amide bonds. The molecular weight excluding hydrogens is 263 g/mol. The van der Waals surface area contributed by atoms with Gasteiger partial charge in [-0.3, -0.25) is 0 Å². The van der Waals surface area contributed by atoms with Crippen LogP contribution in [0, 0.1) is 0 Å². The maximum Gasteiger partial charge on any atom is 0.338 e. The zero-order valence-corrected chi connectivity index (χ0v) is 13.2. The van der Waals surface area contributed by atoms with Crippen LogP contribution in [0.25, 0.3) is 0 Å². The Morgan fingerprint density at radius 1 is 0.905 bits per heavy atom. The molecule has 0 aliphatic carbocycles. The van der Waals surface area contributed by atoms with Gasteiger partial charge in [0.15, 0.2) is 0 Å². The first-order chi connectivity index (χ1) is 9.69. The second kappa shape index (κ2) is 11.4. The number of ether oxygens (including phenoxy) is 2. The second-order valence-electron chi connectivity index (χ2n) is 4.56. The third kappa shape index (κ3) is 7.36. The summed E-state index contributed by atoms with van der Waals surface area (Å²) >= 11 is 0. The van der Waals surface area contributed by atoms with E-state index >= 15 is 0 Å². The van der Waals surface area contributed by atoms with Gasteiger partial charge in [0.25, 0.3) is 0 Å². The summed E-state index contributed by atoms with van der Waals surface area (Å²) < 4.78 is 10.2. The molecule has 0 aliphatic rings. The van der Waals surface area contributed by atoms with E-state index in [0.717, 1.165) is 25.7 Å². The maximum atomic E-state index is 11.8. The second-order valence-corrected chi connectivity index (χ2v) is 4.56. The molecule has 21 heavy (non-hydrogen) atoms. The first kappa shape index (κ1) is 19.8. The predicted octanol–water partition coefficient (Wildman–Crippen LogP) is 3.22. The number of carbonyl (C=O) groups is 2. The molecule has 0 N–H and O–H groups in total. The summed E-state index contributed by atoms with van der Waals surface area (Å²) in [6, 6.07) is 6.45. The third-order valence-corrected chi connectivity index (χ3v) is 2.80. The predicted molar refractivity (Wildman–Crippen MR) is 82.6 cm³/mol. The Kier molecular flexibility index (Phi) is 10.7. The first-order valence-corrected chi connectivity index (χ1v) is 7.13. The number of hydrogen-bond donors (Lipinski definition) is 0. The van der Waals surface area contributed by atoms with E-state index in [1.54, 1.807) is 18.2 Å². The third-order valence-electron chi connectivity index (χ3n) is 2.80. The van der Waals surface area contributed by atoms with Crippen LogP contribution in [-0.4, -0.2) is 44.0 Å². The van der Waals surface area contributed by atoms with Crippen molar-refractivity contribution in [3.63, 3.8) is 0 Å². The average Bonchev–Trinajstić information content (AvgIpc) is 2.47. The van der Waals surface area contributed by atoms with Crippen LogP contribution in [0.3, 0.4) is 0 Å². The summed E-state index contributed by atoms with van der Waals surface area (Å²) in [6.45, 7) is 4.86. The Bertz CT molecular complexity index is 408. The molecule has 0 bridgehead atoms. The normalized spacial score (nSPS) is 9.62. The van der Waals surface area contributed by atoms with E-state index in [4.69, 9.17) is 9.47 Å². The van der Waals surface area contributed by atoms with Gasteiger partial charge in [-0.15, -0.1) is 0 Å². The summed E-state index contributed by atoms with van der Waals surface area (Å²) in [5.41, 5.74) is 0.761. The quantitative estimate of drug-likeness (QED) is 0.418. The van der Waals surface area contributed by atoms with Gasteiger partial charge in [0.1, 0.15) is 0 Å². The molecule has 0 atom stereocenters. The van der Waals surface area contributed by atoms with Crippen molar-refractivity contribution in [2.75, 3.05) is 13.2 Å². The standard InChI is InChI=1S/C16H22O4.Li/c1-3-5-10-19-15(17)13-8-7-9-14(12-13)16(18)20-11-6-4-2;/h7-9,12H,3-6,10-11H2,1-2H3;. The van der Waals surface area contributed by atoms with E-state index in [1.807, 2.05) is 13.8 Å². The maximum absolute atomic E-state index is 11.8. The van der Waals surface area contributed by atoms with Crippen LogP contribution in [0.5, 0.6) is 0 Å². The fraction of sp³-hybridized carbons (Fsp3) is 0.500. The van der Waals surface area contributed by atoms with Gasteiger partial charge < -0.3 is 9.47 Å². The van der Waals surface area contributed by atoms with Gasteiger partial charge in [0, 0.05) is 18.9 Å². The minimum Gasteiger partial charge on any atom is -0.462 e. The van der Waals surface area contributed by atoms with Crippen LogP contribution in [0.1, 0.15) is 60.2 Å². The summed E-state index contributed by atoms with van der Waals surface area (Å²) in [5.74, 6) is -0.802. The van der Waals surface area contributed by atoms with Crippen molar-refractivity contribution in [3.05, 3.63) is 35.4 Å². The van der Waals surface area contributed by atoms with Gasteiger partial charge in [-0.05, 0) is 31.0 Å². The monoisotopic (exact) mass is 285 g/mol. The van der Waals surface area contributed by atoms with Gasteiger partial charge in [-0.2, -0.15) is 0 Å². The molecule has 1 aromatic carbocycles. The average molecular weight is 285 g/mol. The fourth-order valence-electron chi connectivity index (χ4n) is 1.56. The number of carbonyl (C=O) groups excluding carboxylic acids is 2. The van der Waals surface area contributed by atoms with Crippen molar-refractivity contribution in [1.29, 1.82) is 0 Å². The minimum atomic E-state index is -0.401. The zero-order valence-electron chi connectivity index (χ0n) is 13.2. The van der Waals surface area contributed by atoms with Gasteiger partial charge in [0.05, 0.1) is 24.3 Å². The van der Waals surface area contributed by atoms with Crippen LogP contribution in [-0.2, 0) is 9.47 Å². The first-order valence-electron chi connectivity index (χ1n) is 7.13. The minimum absolute atomic E-state index is 0. The molecule has 0 saturated carbocycles.